The van der Waals surface area contributed by atoms with Crippen LogP contribution in [-0.2, 0) is 9.59 Å². The fourth-order valence-electron chi connectivity index (χ4n) is 3.71. The molecule has 4 nitrogen and oxygen atoms in total. The third-order valence-electron chi connectivity index (χ3n) is 4.96. The van der Waals surface area contributed by atoms with Crippen LogP contribution in [0.1, 0.15) is 43.7 Å². The normalized spacial score (nSPS) is 29.4. The summed E-state index contributed by atoms with van der Waals surface area (Å²) in [5.41, 5.74) is 1.26. The third-order valence-corrected chi connectivity index (χ3v) is 5.66. The molecule has 1 aliphatic carbocycles. The van der Waals surface area contributed by atoms with Crippen LogP contribution in [0.25, 0.3) is 0 Å². The van der Waals surface area contributed by atoms with Gasteiger partial charge in [0, 0.05) is 25.6 Å². The van der Waals surface area contributed by atoms with Crippen molar-refractivity contribution >= 4 is 23.2 Å². The molecule has 0 N–H and O–H groups in total. The summed E-state index contributed by atoms with van der Waals surface area (Å²) in [4.78, 5) is 28.9. The van der Waals surface area contributed by atoms with Crippen LogP contribution >= 0.6 is 11.3 Å². The van der Waals surface area contributed by atoms with E-state index < -0.39 is 0 Å². The molecule has 0 bridgehead atoms. The monoisotopic (exact) mass is 304 g/mol. The van der Waals surface area contributed by atoms with Crippen LogP contribution < -0.4 is 0 Å². The number of carbonyl (C=O) groups is 2. The maximum Gasteiger partial charge on any atom is 0.228 e. The highest BCUT2D eigenvalue weighted by molar-refractivity contribution is 7.07. The molecule has 0 aromatic carbocycles. The molecule has 0 unspecified atom stereocenters. The molecule has 4 rings (SSSR count). The van der Waals surface area contributed by atoms with Crippen molar-refractivity contribution in [1.82, 2.24) is 9.80 Å². The zero-order valence-electron chi connectivity index (χ0n) is 12.0. The van der Waals surface area contributed by atoms with Crippen LogP contribution in [0.3, 0.4) is 0 Å². The van der Waals surface area contributed by atoms with Crippen molar-refractivity contribution in [2.75, 3.05) is 13.1 Å². The van der Waals surface area contributed by atoms with E-state index in [4.69, 9.17) is 0 Å². The fourth-order valence-corrected chi connectivity index (χ4v) is 4.42. The summed E-state index contributed by atoms with van der Waals surface area (Å²) in [5.74, 6) is 0.264. The predicted octanol–water partition coefficient (Wildman–Crippen LogP) is 2.42. The number of likely N-dealkylation sites (tertiary alicyclic amines) is 2. The Morgan fingerprint density at radius 2 is 2.14 bits per heavy atom. The Kier molecular flexibility index (Phi) is 3.25. The van der Waals surface area contributed by atoms with Gasteiger partial charge < -0.3 is 9.80 Å². The average Bonchev–Trinajstić information content (AvgIpc) is 2.94. The van der Waals surface area contributed by atoms with Crippen LogP contribution in [0.4, 0.5) is 0 Å². The molecule has 3 heterocycles. The lowest BCUT2D eigenvalue weighted by Gasteiger charge is -2.27. The maximum atomic E-state index is 12.8. The molecule has 2 saturated heterocycles. The van der Waals surface area contributed by atoms with Crippen molar-refractivity contribution in [2.24, 2.45) is 5.92 Å². The van der Waals surface area contributed by atoms with Crippen LogP contribution in [0.15, 0.2) is 16.8 Å². The van der Waals surface area contributed by atoms with E-state index in [1.807, 2.05) is 9.80 Å². The molecular weight excluding hydrogens is 284 g/mol. The van der Waals surface area contributed by atoms with Crippen LogP contribution in [-0.4, -0.2) is 40.7 Å². The maximum absolute atomic E-state index is 12.8. The number of hydrogen-bond donors (Lipinski definition) is 0. The van der Waals surface area contributed by atoms with Gasteiger partial charge in [-0.25, -0.2) is 0 Å². The first-order valence-corrected chi connectivity index (χ1v) is 8.80. The molecule has 3 aliphatic rings. The number of amides is 2. The summed E-state index contributed by atoms with van der Waals surface area (Å²) >= 11 is 1.69. The Bertz CT molecular complexity index is 553. The van der Waals surface area contributed by atoms with Gasteiger partial charge in [0.15, 0.2) is 0 Å². The summed E-state index contributed by atoms with van der Waals surface area (Å²) in [6.45, 7) is 1.49. The van der Waals surface area contributed by atoms with E-state index in [0.717, 1.165) is 32.2 Å². The first kappa shape index (κ1) is 13.3. The van der Waals surface area contributed by atoms with E-state index in [-0.39, 0.29) is 23.8 Å². The lowest BCUT2D eigenvalue weighted by Crippen LogP contribution is -2.37. The molecule has 1 aromatic heterocycles. The SMILES string of the molecule is O=C1C[C@@H](C(=O)N2CCC[C@H]2c2ccsc2)CN1C1CC1. The molecule has 2 aliphatic heterocycles. The Balaban J connectivity index is 1.48. The third kappa shape index (κ3) is 2.37. The molecule has 1 aromatic rings. The van der Waals surface area contributed by atoms with E-state index in [1.165, 1.54) is 5.56 Å². The van der Waals surface area contributed by atoms with Gasteiger partial charge >= 0.3 is 0 Å². The molecule has 0 radical (unpaired) electrons. The summed E-state index contributed by atoms with van der Waals surface area (Å²) in [7, 11) is 0. The van der Waals surface area contributed by atoms with E-state index in [9.17, 15) is 9.59 Å². The van der Waals surface area contributed by atoms with Gasteiger partial charge in [-0.2, -0.15) is 11.3 Å². The molecule has 3 fully saturated rings. The fraction of sp³-hybridized carbons (Fsp3) is 0.625. The predicted molar refractivity (Wildman–Crippen MR) is 80.8 cm³/mol. The molecule has 5 heteroatoms. The van der Waals surface area contributed by atoms with Crippen molar-refractivity contribution in [3.05, 3.63) is 22.4 Å². The Hall–Kier alpha value is -1.36. The van der Waals surface area contributed by atoms with Gasteiger partial charge in [0.25, 0.3) is 0 Å². The minimum absolute atomic E-state index is 0.114. The van der Waals surface area contributed by atoms with Gasteiger partial charge in [-0.1, -0.05) is 0 Å². The topological polar surface area (TPSA) is 40.6 Å². The number of nitrogens with zero attached hydrogens (tertiary/aromatic N) is 2. The minimum Gasteiger partial charge on any atom is -0.339 e. The smallest absolute Gasteiger partial charge is 0.228 e. The first-order valence-electron chi connectivity index (χ1n) is 7.86. The zero-order chi connectivity index (χ0) is 14.4. The number of thiophene rings is 1. The first-order chi connectivity index (χ1) is 10.2. The van der Waals surface area contributed by atoms with Crippen molar-refractivity contribution in [2.45, 2.75) is 44.2 Å². The number of hydrogen-bond acceptors (Lipinski definition) is 3. The van der Waals surface area contributed by atoms with Crippen molar-refractivity contribution in [3.8, 4) is 0 Å². The van der Waals surface area contributed by atoms with Gasteiger partial charge in [0.1, 0.15) is 0 Å². The second kappa shape index (κ2) is 5.13. The number of rotatable bonds is 3. The highest BCUT2D eigenvalue weighted by Crippen LogP contribution is 2.37. The van der Waals surface area contributed by atoms with Crippen LogP contribution in [0.2, 0.25) is 0 Å². The Labute approximate surface area is 128 Å². The summed E-state index contributed by atoms with van der Waals surface area (Å²) in [6, 6.07) is 2.78. The van der Waals surface area contributed by atoms with Gasteiger partial charge in [-0.15, -0.1) is 0 Å². The lowest BCUT2D eigenvalue weighted by atomic mass is 10.0. The van der Waals surface area contributed by atoms with Gasteiger partial charge in [-0.05, 0) is 48.1 Å². The molecular formula is C16H20N2O2S. The van der Waals surface area contributed by atoms with Gasteiger partial charge in [0.2, 0.25) is 11.8 Å². The largest absolute Gasteiger partial charge is 0.339 e. The van der Waals surface area contributed by atoms with E-state index in [1.54, 1.807) is 11.3 Å². The van der Waals surface area contributed by atoms with E-state index in [0.29, 0.717) is 19.0 Å². The molecule has 2 atom stereocenters. The van der Waals surface area contributed by atoms with Crippen molar-refractivity contribution in [3.63, 3.8) is 0 Å². The lowest BCUT2D eigenvalue weighted by molar-refractivity contribution is -0.136. The zero-order valence-corrected chi connectivity index (χ0v) is 12.8. The summed E-state index contributed by atoms with van der Waals surface area (Å²) in [5, 5.41) is 4.22. The van der Waals surface area contributed by atoms with Gasteiger partial charge in [-0.3, -0.25) is 9.59 Å². The molecule has 112 valence electrons. The summed E-state index contributed by atoms with van der Waals surface area (Å²) in [6.07, 6.45) is 4.78. The highest BCUT2D eigenvalue weighted by atomic mass is 32.1. The van der Waals surface area contributed by atoms with Crippen LogP contribution in [0, 0.1) is 5.92 Å². The minimum atomic E-state index is -0.114. The highest BCUT2D eigenvalue weighted by Gasteiger charge is 2.44. The quantitative estimate of drug-likeness (QED) is 0.860. The second-order valence-electron chi connectivity index (χ2n) is 6.42. The molecule has 2 amide bonds. The standard InChI is InChI=1S/C16H20N2O2S/c19-15-8-12(9-18(15)13-3-4-13)16(20)17-6-1-2-14(17)11-5-7-21-10-11/h5,7,10,12-14H,1-4,6,8-9H2/t12-,14+/m1/s1. The molecule has 0 spiro atoms. The average molecular weight is 304 g/mol. The van der Waals surface area contributed by atoms with E-state index in [2.05, 4.69) is 16.8 Å². The van der Waals surface area contributed by atoms with Gasteiger partial charge in [0.05, 0.1) is 12.0 Å². The second-order valence-corrected chi connectivity index (χ2v) is 7.20. The molecule has 1 saturated carbocycles. The Morgan fingerprint density at radius 1 is 1.29 bits per heavy atom. The summed E-state index contributed by atoms with van der Waals surface area (Å²) < 4.78 is 0. The molecule has 21 heavy (non-hydrogen) atoms. The Morgan fingerprint density at radius 3 is 2.86 bits per heavy atom. The van der Waals surface area contributed by atoms with Crippen molar-refractivity contribution in [1.29, 1.82) is 0 Å². The van der Waals surface area contributed by atoms with Crippen LogP contribution in [0.5, 0.6) is 0 Å². The number of carbonyl (C=O) groups excluding carboxylic acids is 2. The van der Waals surface area contributed by atoms with Crippen molar-refractivity contribution < 1.29 is 9.59 Å². The van der Waals surface area contributed by atoms with E-state index >= 15 is 0 Å².